The van der Waals surface area contributed by atoms with Gasteiger partial charge in [-0.2, -0.15) is 0 Å². The zero-order chi connectivity index (χ0) is 23.2. The van der Waals surface area contributed by atoms with Crippen molar-refractivity contribution in [3.05, 3.63) is 106 Å². The molecule has 0 bridgehead atoms. The lowest BCUT2D eigenvalue weighted by Crippen LogP contribution is -2.68. The lowest BCUT2D eigenvalue weighted by Gasteiger charge is -2.45. The molecule has 1 nitrogen and oxygen atoms in total. The highest BCUT2D eigenvalue weighted by molar-refractivity contribution is 9.28. The van der Waals surface area contributed by atoms with Crippen LogP contribution in [0, 0.1) is 5.92 Å². The van der Waals surface area contributed by atoms with Crippen LogP contribution in [0.2, 0.25) is 5.04 Å². The van der Waals surface area contributed by atoms with Crippen LogP contribution in [0.5, 0.6) is 0 Å². The largest absolute Gasteiger partial charge is 0.404 e. The van der Waals surface area contributed by atoms with Crippen molar-refractivity contribution in [3.8, 4) is 0 Å². The summed E-state index contributed by atoms with van der Waals surface area (Å²) in [6.07, 6.45) is 3.17. The van der Waals surface area contributed by atoms with Gasteiger partial charge in [-0.05, 0) is 66.2 Å². The van der Waals surface area contributed by atoms with E-state index in [9.17, 15) is 0 Å². The molecule has 0 amide bonds. The topological polar surface area (TPSA) is 9.23 Å². The Morgan fingerprint density at radius 3 is 1.66 bits per heavy atom. The molecule has 0 spiro atoms. The van der Waals surface area contributed by atoms with Crippen molar-refractivity contribution in [1.82, 2.24) is 0 Å². The number of rotatable bonds is 8. The molecule has 0 aliphatic rings. The fourth-order valence-corrected chi connectivity index (χ4v) is 9.89. The molecule has 0 heterocycles. The third-order valence-corrected chi connectivity index (χ3v) is 11.7. The molecular weight excluding hydrogens is 540 g/mol. The molecule has 2 atom stereocenters. The van der Waals surface area contributed by atoms with Gasteiger partial charge in [0.2, 0.25) is 0 Å². The molecule has 3 rings (SSSR count). The van der Waals surface area contributed by atoms with Gasteiger partial charge in [0.25, 0.3) is 8.32 Å². The Bertz CT molecular complexity index is 954. The van der Waals surface area contributed by atoms with Crippen LogP contribution in [0.15, 0.2) is 100 Å². The van der Waals surface area contributed by atoms with E-state index in [4.69, 9.17) is 4.43 Å². The second-order valence-corrected chi connectivity index (χ2v) is 16.3. The summed E-state index contributed by atoms with van der Waals surface area (Å²) in [4.78, 5) is 0. The predicted octanol–water partition coefficient (Wildman–Crippen LogP) is 7.44. The van der Waals surface area contributed by atoms with Gasteiger partial charge < -0.3 is 4.43 Å². The standard InChI is InChI=1S/C28H32Br2OSi/c1-22(24(21-27(29)30)20-23-14-8-5-9-15-23)31-32(28(2,3)4,25-16-10-6-11-17-25)26-18-12-7-13-19-26/h5-19,21-22,24H,20H2,1-4H3/t22?,24-/m0/s1. The number of hydrogen-bond acceptors (Lipinski definition) is 1. The van der Waals surface area contributed by atoms with Crippen molar-refractivity contribution in [2.75, 3.05) is 0 Å². The predicted molar refractivity (Wildman–Crippen MR) is 148 cm³/mol. The van der Waals surface area contributed by atoms with E-state index in [2.05, 4.69) is 157 Å². The summed E-state index contributed by atoms with van der Waals surface area (Å²) in [5, 5.41) is 2.58. The fraction of sp³-hybridized carbons (Fsp3) is 0.286. The Kier molecular flexibility index (Phi) is 8.73. The van der Waals surface area contributed by atoms with Crippen LogP contribution in [0.4, 0.5) is 0 Å². The number of halogens is 2. The summed E-state index contributed by atoms with van der Waals surface area (Å²) in [5.74, 6) is 0.216. The van der Waals surface area contributed by atoms with Gasteiger partial charge in [0.1, 0.15) is 0 Å². The normalized spacial score (nSPS) is 13.9. The van der Waals surface area contributed by atoms with Crippen molar-refractivity contribution in [2.24, 2.45) is 5.92 Å². The zero-order valence-electron chi connectivity index (χ0n) is 19.3. The summed E-state index contributed by atoms with van der Waals surface area (Å²) in [6.45, 7) is 9.21. The quantitative estimate of drug-likeness (QED) is 0.255. The van der Waals surface area contributed by atoms with Crippen molar-refractivity contribution in [2.45, 2.75) is 45.3 Å². The molecule has 0 saturated carbocycles. The Hall–Kier alpha value is -1.46. The van der Waals surface area contributed by atoms with E-state index in [0.717, 1.165) is 9.81 Å². The molecule has 3 aromatic carbocycles. The minimum atomic E-state index is -2.60. The maximum Gasteiger partial charge on any atom is 0.261 e. The van der Waals surface area contributed by atoms with Crippen molar-refractivity contribution in [3.63, 3.8) is 0 Å². The van der Waals surface area contributed by atoms with E-state index in [-0.39, 0.29) is 17.1 Å². The Morgan fingerprint density at radius 2 is 1.25 bits per heavy atom. The smallest absolute Gasteiger partial charge is 0.261 e. The summed E-state index contributed by atoms with van der Waals surface area (Å²) in [7, 11) is -2.60. The first-order chi connectivity index (χ1) is 15.2. The van der Waals surface area contributed by atoms with Gasteiger partial charge in [0.15, 0.2) is 0 Å². The average Bonchev–Trinajstić information content (AvgIpc) is 2.77. The van der Waals surface area contributed by atoms with Crippen LogP contribution in [-0.4, -0.2) is 14.4 Å². The molecule has 0 fully saturated rings. The van der Waals surface area contributed by atoms with Crippen LogP contribution in [0.3, 0.4) is 0 Å². The minimum absolute atomic E-state index is 0.0200. The van der Waals surface area contributed by atoms with Crippen LogP contribution < -0.4 is 10.4 Å². The van der Waals surface area contributed by atoms with Crippen LogP contribution in [0.25, 0.3) is 0 Å². The van der Waals surface area contributed by atoms with Gasteiger partial charge >= 0.3 is 0 Å². The van der Waals surface area contributed by atoms with Gasteiger partial charge in [-0.15, -0.1) is 0 Å². The maximum absolute atomic E-state index is 7.36. The Morgan fingerprint density at radius 1 is 0.812 bits per heavy atom. The van der Waals surface area contributed by atoms with Gasteiger partial charge in [-0.25, -0.2) is 0 Å². The first-order valence-corrected chi connectivity index (χ1v) is 14.6. The SMILES string of the molecule is CC(O[Si](c1ccccc1)(c1ccccc1)C(C)(C)C)[C@H](C=C(Br)Br)Cc1ccccc1. The third-order valence-electron chi connectivity index (χ3n) is 6.04. The summed E-state index contributed by atoms with van der Waals surface area (Å²) in [6, 6.07) is 32.4. The van der Waals surface area contributed by atoms with Crippen LogP contribution in [0.1, 0.15) is 33.3 Å². The van der Waals surface area contributed by atoms with Crippen molar-refractivity contribution < 1.29 is 4.43 Å². The molecule has 3 aromatic rings. The molecule has 32 heavy (non-hydrogen) atoms. The van der Waals surface area contributed by atoms with E-state index in [1.54, 1.807) is 0 Å². The molecule has 0 aliphatic carbocycles. The molecule has 1 unspecified atom stereocenters. The van der Waals surface area contributed by atoms with E-state index < -0.39 is 8.32 Å². The Labute approximate surface area is 211 Å². The molecule has 0 radical (unpaired) electrons. The molecule has 4 heteroatoms. The Balaban J connectivity index is 2.09. The van der Waals surface area contributed by atoms with Crippen molar-refractivity contribution >= 4 is 50.6 Å². The number of benzene rings is 3. The van der Waals surface area contributed by atoms with E-state index in [0.29, 0.717) is 0 Å². The van der Waals surface area contributed by atoms with E-state index >= 15 is 0 Å². The lowest BCUT2D eigenvalue weighted by molar-refractivity contribution is 0.162. The second-order valence-electron chi connectivity index (χ2n) is 9.30. The second kappa shape index (κ2) is 11.1. The average molecular weight is 572 g/mol. The lowest BCUT2D eigenvalue weighted by atomic mass is 9.95. The molecule has 0 N–H and O–H groups in total. The minimum Gasteiger partial charge on any atom is -0.404 e. The molecule has 168 valence electrons. The van der Waals surface area contributed by atoms with Crippen molar-refractivity contribution in [1.29, 1.82) is 0 Å². The van der Waals surface area contributed by atoms with Crippen LogP contribution >= 0.6 is 31.9 Å². The van der Waals surface area contributed by atoms with Crippen LogP contribution in [-0.2, 0) is 10.8 Å². The number of hydrogen-bond donors (Lipinski definition) is 0. The van der Waals surface area contributed by atoms with Gasteiger partial charge in [0, 0.05) is 12.0 Å². The maximum atomic E-state index is 7.36. The van der Waals surface area contributed by atoms with Gasteiger partial charge in [-0.1, -0.05) is 118 Å². The first-order valence-electron chi connectivity index (χ1n) is 11.1. The summed E-state index contributed by atoms with van der Waals surface area (Å²) < 4.78 is 8.32. The molecule has 0 saturated heterocycles. The van der Waals surface area contributed by atoms with E-state index in [1.165, 1.54) is 15.9 Å². The van der Waals surface area contributed by atoms with Gasteiger partial charge in [-0.3, -0.25) is 0 Å². The van der Waals surface area contributed by atoms with Gasteiger partial charge in [0.05, 0.1) is 3.39 Å². The fourth-order valence-electron chi connectivity index (χ4n) is 4.47. The molecule has 0 aromatic heterocycles. The highest BCUT2D eigenvalue weighted by Crippen LogP contribution is 2.39. The third kappa shape index (κ3) is 5.90. The first kappa shape index (κ1) is 25.2. The highest BCUT2D eigenvalue weighted by Gasteiger charge is 2.51. The molecular formula is C28H32Br2OSi. The monoisotopic (exact) mass is 570 g/mol. The highest BCUT2D eigenvalue weighted by atomic mass is 79.9. The molecule has 0 aliphatic heterocycles. The zero-order valence-corrected chi connectivity index (χ0v) is 23.4. The summed E-state index contributed by atoms with van der Waals surface area (Å²) >= 11 is 7.20. The van der Waals surface area contributed by atoms with E-state index in [1.807, 2.05) is 0 Å². The summed E-state index contributed by atoms with van der Waals surface area (Å²) in [5.41, 5.74) is 1.31.